The topological polar surface area (TPSA) is 105 Å². The van der Waals surface area contributed by atoms with E-state index in [-0.39, 0.29) is 5.71 Å². The number of carboxylic acid groups (broad SMARTS) is 1. The minimum Gasteiger partial charge on any atom is -0.480 e. The smallest absolute Gasteiger partial charge is 0.322 e. The Morgan fingerprint density at radius 2 is 2.04 bits per heavy atom. The van der Waals surface area contributed by atoms with Crippen molar-refractivity contribution in [2.45, 2.75) is 20.8 Å². The molecule has 0 aliphatic rings. The molecule has 0 fully saturated rings. The Balaban J connectivity index is 2.15. The number of fused-ring (bicyclic) bond motifs is 1. The number of thiophene rings is 1. The van der Waals surface area contributed by atoms with Gasteiger partial charge in [0.2, 0.25) is 0 Å². The number of rotatable bonds is 4. The number of nitrogens with zero attached hydrogens (tertiary/aromatic N) is 2. The van der Waals surface area contributed by atoms with Crippen LogP contribution in [-0.4, -0.2) is 33.7 Å². The van der Waals surface area contributed by atoms with E-state index in [9.17, 15) is 9.59 Å². The van der Waals surface area contributed by atoms with E-state index in [1.54, 1.807) is 24.3 Å². The Kier molecular flexibility index (Phi) is 4.06. The third-order valence-corrected chi connectivity index (χ3v) is 4.54. The summed E-state index contributed by atoms with van der Waals surface area (Å²) in [4.78, 5) is 29.8. The lowest BCUT2D eigenvalue weighted by molar-refractivity contribution is -0.135. The predicted octanol–water partition coefficient (Wildman–Crippen LogP) is 2.69. The fourth-order valence-electron chi connectivity index (χ4n) is 2.55. The fraction of sp³-hybridized carbons (Fsp3) is 0.250. The first-order chi connectivity index (χ1) is 11.4. The summed E-state index contributed by atoms with van der Waals surface area (Å²) in [7, 11) is 0. The monoisotopic (exact) mass is 345 g/mol. The van der Waals surface area contributed by atoms with Crippen LogP contribution in [0.25, 0.3) is 22.4 Å². The van der Waals surface area contributed by atoms with Crippen LogP contribution in [0, 0.1) is 20.8 Å². The molecule has 0 aliphatic carbocycles. The zero-order valence-electron chi connectivity index (χ0n) is 13.3. The zero-order valence-corrected chi connectivity index (χ0v) is 14.2. The fourth-order valence-corrected chi connectivity index (χ4v) is 3.48. The Morgan fingerprint density at radius 3 is 2.67 bits per heavy atom. The van der Waals surface area contributed by atoms with Gasteiger partial charge in [0, 0.05) is 15.3 Å². The summed E-state index contributed by atoms with van der Waals surface area (Å²) in [6.07, 6.45) is 0. The first kappa shape index (κ1) is 16.1. The van der Waals surface area contributed by atoms with Crippen LogP contribution in [0.4, 0.5) is 0 Å². The molecule has 0 unspecified atom stereocenters. The largest absolute Gasteiger partial charge is 0.480 e. The lowest BCUT2D eigenvalue weighted by atomic mass is 10.1. The summed E-state index contributed by atoms with van der Waals surface area (Å²) in [6, 6.07) is 3.65. The molecule has 0 saturated carbocycles. The number of carbonyl (C=O) groups is 2. The molecule has 0 saturated heterocycles. The van der Waals surface area contributed by atoms with Crippen molar-refractivity contribution in [2.24, 2.45) is 0 Å². The molecular weight excluding hydrogens is 330 g/mol. The van der Waals surface area contributed by atoms with Crippen LogP contribution in [0.1, 0.15) is 25.8 Å². The van der Waals surface area contributed by atoms with Gasteiger partial charge in [0.15, 0.2) is 0 Å². The molecule has 24 heavy (non-hydrogen) atoms. The van der Waals surface area contributed by atoms with E-state index in [0.717, 1.165) is 15.3 Å². The van der Waals surface area contributed by atoms with Gasteiger partial charge in [0.1, 0.15) is 6.54 Å². The first-order valence-corrected chi connectivity index (χ1v) is 8.03. The Bertz CT molecular complexity index is 958. The van der Waals surface area contributed by atoms with Gasteiger partial charge in [-0.15, -0.1) is 11.3 Å². The number of carboxylic acids is 1. The molecule has 124 valence electrons. The third kappa shape index (κ3) is 2.88. The van der Waals surface area contributed by atoms with E-state index in [1.807, 2.05) is 19.9 Å². The van der Waals surface area contributed by atoms with Crippen LogP contribution < -0.4 is 5.32 Å². The summed E-state index contributed by atoms with van der Waals surface area (Å²) < 4.78 is 5.22. The van der Waals surface area contributed by atoms with Crippen LogP contribution >= 0.6 is 11.3 Å². The van der Waals surface area contributed by atoms with Gasteiger partial charge in [0.05, 0.1) is 22.3 Å². The van der Waals surface area contributed by atoms with Crippen molar-refractivity contribution in [3.63, 3.8) is 0 Å². The summed E-state index contributed by atoms with van der Waals surface area (Å²) in [5.74, 6) is -1.61. The van der Waals surface area contributed by atoms with Gasteiger partial charge in [-0.05, 0) is 32.9 Å². The molecule has 3 heterocycles. The molecule has 0 spiro atoms. The van der Waals surface area contributed by atoms with Gasteiger partial charge in [-0.1, -0.05) is 5.16 Å². The highest BCUT2D eigenvalue weighted by molar-refractivity contribution is 7.12. The van der Waals surface area contributed by atoms with Gasteiger partial charge in [-0.3, -0.25) is 9.59 Å². The van der Waals surface area contributed by atoms with E-state index in [0.29, 0.717) is 22.3 Å². The highest BCUT2D eigenvalue weighted by atomic mass is 32.1. The first-order valence-electron chi connectivity index (χ1n) is 7.21. The quantitative estimate of drug-likeness (QED) is 0.753. The number of aliphatic carboxylic acids is 1. The molecule has 3 rings (SSSR count). The van der Waals surface area contributed by atoms with Crippen molar-refractivity contribution >= 4 is 34.3 Å². The average Bonchev–Trinajstić information content (AvgIpc) is 3.06. The maximum absolute atomic E-state index is 12.4. The molecule has 3 aromatic rings. The molecule has 0 aliphatic heterocycles. The van der Waals surface area contributed by atoms with Crippen LogP contribution in [0.15, 0.2) is 16.7 Å². The van der Waals surface area contributed by atoms with Crippen molar-refractivity contribution in [3.05, 3.63) is 33.1 Å². The highest BCUT2D eigenvalue weighted by Crippen LogP contribution is 2.32. The van der Waals surface area contributed by atoms with E-state index in [1.165, 1.54) is 0 Å². The number of aryl methyl sites for hydroxylation is 3. The van der Waals surface area contributed by atoms with Crippen molar-refractivity contribution in [2.75, 3.05) is 6.54 Å². The van der Waals surface area contributed by atoms with Crippen molar-refractivity contribution in [1.82, 2.24) is 15.5 Å². The molecule has 2 N–H and O–H groups in total. The molecule has 0 radical (unpaired) electrons. The maximum Gasteiger partial charge on any atom is 0.322 e. The van der Waals surface area contributed by atoms with Crippen molar-refractivity contribution < 1.29 is 19.2 Å². The molecule has 8 heteroatoms. The summed E-state index contributed by atoms with van der Waals surface area (Å²) in [5, 5.41) is 15.5. The molecule has 3 aromatic heterocycles. The van der Waals surface area contributed by atoms with Gasteiger partial charge >= 0.3 is 5.97 Å². The maximum atomic E-state index is 12.4. The molecule has 0 aromatic carbocycles. The summed E-state index contributed by atoms with van der Waals surface area (Å²) >= 11 is 1.64. The minimum absolute atomic E-state index is 0.258. The Labute approximate surface area is 141 Å². The predicted molar refractivity (Wildman–Crippen MR) is 89.3 cm³/mol. The molecule has 0 bridgehead atoms. The number of aromatic nitrogens is 2. The number of carbonyl (C=O) groups excluding carboxylic acids is 1. The van der Waals surface area contributed by atoms with Crippen molar-refractivity contribution in [3.8, 4) is 11.3 Å². The second kappa shape index (κ2) is 6.04. The van der Waals surface area contributed by atoms with Crippen LogP contribution in [0.3, 0.4) is 0 Å². The second-order valence-electron chi connectivity index (χ2n) is 5.41. The van der Waals surface area contributed by atoms with Gasteiger partial charge in [-0.2, -0.15) is 0 Å². The highest BCUT2D eigenvalue weighted by Gasteiger charge is 2.20. The van der Waals surface area contributed by atoms with Crippen LogP contribution in [-0.2, 0) is 4.79 Å². The van der Waals surface area contributed by atoms with Gasteiger partial charge in [-0.25, -0.2) is 4.98 Å². The summed E-state index contributed by atoms with van der Waals surface area (Å²) in [5.41, 5.74) is 2.61. The number of pyridine rings is 1. The molecule has 1 amide bonds. The minimum atomic E-state index is -1.11. The number of hydrogen-bond donors (Lipinski definition) is 2. The standard InChI is InChI=1S/C16H15N3O4S/c1-7-4-10(9(3)24-7)12-5-11(15(22)17-6-13(20)21)14-8(2)19-23-16(14)18-12/h4-5H,6H2,1-3H3,(H,17,22)(H,20,21). The SMILES string of the molecule is Cc1cc(-c2cc(C(=O)NCC(=O)O)c3c(C)noc3n2)c(C)s1. The average molecular weight is 345 g/mol. The third-order valence-electron chi connectivity index (χ3n) is 3.58. The van der Waals surface area contributed by atoms with E-state index < -0.39 is 18.4 Å². The van der Waals surface area contributed by atoms with Gasteiger partial charge < -0.3 is 14.9 Å². The molecule has 0 atom stereocenters. The molecule has 7 nitrogen and oxygen atoms in total. The number of nitrogens with one attached hydrogen (secondary N) is 1. The van der Waals surface area contributed by atoms with Crippen molar-refractivity contribution in [1.29, 1.82) is 0 Å². The molecular formula is C16H15N3O4S. The van der Waals surface area contributed by atoms with Crippen LogP contribution in [0.5, 0.6) is 0 Å². The zero-order chi connectivity index (χ0) is 17.4. The normalized spacial score (nSPS) is 11.0. The summed E-state index contributed by atoms with van der Waals surface area (Å²) in [6.45, 7) is 5.23. The lowest BCUT2D eigenvalue weighted by Crippen LogP contribution is -2.29. The second-order valence-corrected chi connectivity index (χ2v) is 6.87. The van der Waals surface area contributed by atoms with Crippen LogP contribution in [0.2, 0.25) is 0 Å². The Morgan fingerprint density at radius 1 is 1.29 bits per heavy atom. The number of amides is 1. The van der Waals surface area contributed by atoms with E-state index in [2.05, 4.69) is 15.5 Å². The Hall–Kier alpha value is -2.74. The van der Waals surface area contributed by atoms with E-state index in [4.69, 9.17) is 9.63 Å². The number of hydrogen-bond acceptors (Lipinski definition) is 6. The van der Waals surface area contributed by atoms with Gasteiger partial charge in [0.25, 0.3) is 11.6 Å². The van der Waals surface area contributed by atoms with E-state index >= 15 is 0 Å². The lowest BCUT2D eigenvalue weighted by Gasteiger charge is -2.06.